The van der Waals surface area contributed by atoms with Gasteiger partial charge >= 0.3 is 12.1 Å². The zero-order valence-electron chi connectivity index (χ0n) is 15.5. The number of aliphatic carboxylic acids is 1. The standard InChI is InChI=1S/C19H26N2O6/c1-13(2)8-9-16(18(24)25)21-17(23)10-15(22)11-20-19(26)27-12-14-6-4-3-5-7-14/h3-8,15-16,22H,9-12H2,1-2H3,(H,20,26)(H,21,23)(H,24,25)/t15-,16-/m0/s1. The Morgan fingerprint density at radius 2 is 1.85 bits per heavy atom. The monoisotopic (exact) mass is 378 g/mol. The number of nitrogens with one attached hydrogen (secondary N) is 2. The molecular formula is C19H26N2O6. The molecule has 0 saturated heterocycles. The van der Waals surface area contributed by atoms with Gasteiger partial charge in [-0.1, -0.05) is 42.0 Å². The molecule has 1 rings (SSSR count). The molecule has 0 heterocycles. The number of carbonyl (C=O) groups is 3. The van der Waals surface area contributed by atoms with Crippen LogP contribution >= 0.6 is 0 Å². The molecule has 0 spiro atoms. The highest BCUT2D eigenvalue weighted by molar-refractivity contribution is 5.83. The summed E-state index contributed by atoms with van der Waals surface area (Å²) in [7, 11) is 0. The first-order chi connectivity index (χ1) is 12.8. The molecule has 0 aromatic heterocycles. The topological polar surface area (TPSA) is 125 Å². The van der Waals surface area contributed by atoms with Gasteiger partial charge in [0.1, 0.15) is 12.6 Å². The average molecular weight is 378 g/mol. The number of aliphatic hydroxyl groups is 1. The highest BCUT2D eigenvalue weighted by Crippen LogP contribution is 2.02. The summed E-state index contributed by atoms with van der Waals surface area (Å²) >= 11 is 0. The maximum atomic E-state index is 11.9. The van der Waals surface area contributed by atoms with Crippen molar-refractivity contribution in [3.05, 3.63) is 47.5 Å². The number of hydrogen-bond donors (Lipinski definition) is 4. The van der Waals surface area contributed by atoms with Crippen LogP contribution in [0.1, 0.15) is 32.3 Å². The number of aliphatic hydroxyl groups excluding tert-OH is 1. The Morgan fingerprint density at radius 1 is 1.19 bits per heavy atom. The summed E-state index contributed by atoms with van der Waals surface area (Å²) < 4.78 is 4.99. The first kappa shape index (κ1) is 22.2. The van der Waals surface area contributed by atoms with Crippen LogP contribution in [0.5, 0.6) is 0 Å². The molecule has 0 aliphatic carbocycles. The summed E-state index contributed by atoms with van der Waals surface area (Å²) in [6.07, 6.45) is -0.349. The Balaban J connectivity index is 2.32. The van der Waals surface area contributed by atoms with E-state index in [0.29, 0.717) is 0 Å². The summed E-state index contributed by atoms with van der Waals surface area (Å²) in [5.41, 5.74) is 1.76. The molecule has 8 nitrogen and oxygen atoms in total. The molecule has 2 amide bonds. The van der Waals surface area contributed by atoms with Crippen molar-refractivity contribution >= 4 is 18.0 Å². The number of alkyl carbamates (subject to hydrolysis) is 1. The van der Waals surface area contributed by atoms with Crippen molar-refractivity contribution in [3.63, 3.8) is 0 Å². The lowest BCUT2D eigenvalue weighted by atomic mass is 10.1. The second kappa shape index (κ2) is 11.7. The van der Waals surface area contributed by atoms with E-state index in [2.05, 4.69) is 10.6 Å². The zero-order chi connectivity index (χ0) is 20.2. The lowest BCUT2D eigenvalue weighted by molar-refractivity contribution is -0.142. The molecule has 0 fully saturated rings. The van der Waals surface area contributed by atoms with Crippen LogP contribution in [0.15, 0.2) is 42.0 Å². The number of carboxylic acids is 1. The van der Waals surface area contributed by atoms with Crippen LogP contribution in [0.2, 0.25) is 0 Å². The van der Waals surface area contributed by atoms with Crippen LogP contribution in [-0.2, 0) is 20.9 Å². The molecule has 0 bridgehead atoms. The van der Waals surface area contributed by atoms with Crippen LogP contribution in [0.4, 0.5) is 4.79 Å². The molecule has 0 aliphatic rings. The molecule has 8 heteroatoms. The molecule has 0 saturated carbocycles. The third-order valence-corrected chi connectivity index (χ3v) is 3.51. The average Bonchev–Trinajstić information content (AvgIpc) is 2.62. The maximum Gasteiger partial charge on any atom is 0.407 e. The predicted octanol–water partition coefficient (Wildman–Crippen LogP) is 1.59. The van der Waals surface area contributed by atoms with Crippen LogP contribution in [0.25, 0.3) is 0 Å². The largest absolute Gasteiger partial charge is 0.480 e. The first-order valence-electron chi connectivity index (χ1n) is 8.56. The lowest BCUT2D eigenvalue weighted by Gasteiger charge is -2.15. The Kier molecular flexibility index (Phi) is 9.60. The highest BCUT2D eigenvalue weighted by atomic mass is 16.5. The van der Waals surface area contributed by atoms with Gasteiger partial charge in [-0.2, -0.15) is 0 Å². The molecule has 0 unspecified atom stereocenters. The minimum Gasteiger partial charge on any atom is -0.480 e. The third kappa shape index (κ3) is 10.0. The fraction of sp³-hybridized carbons (Fsp3) is 0.421. The van der Waals surface area contributed by atoms with E-state index in [1.165, 1.54) is 0 Å². The molecule has 2 atom stereocenters. The Labute approximate surface area is 158 Å². The number of rotatable bonds is 10. The minimum atomic E-state index is -1.16. The van der Waals surface area contributed by atoms with E-state index in [4.69, 9.17) is 9.84 Å². The number of benzene rings is 1. The van der Waals surface area contributed by atoms with E-state index < -0.39 is 30.1 Å². The van der Waals surface area contributed by atoms with Gasteiger partial charge in [0.2, 0.25) is 5.91 Å². The van der Waals surface area contributed by atoms with Gasteiger partial charge in [0.15, 0.2) is 0 Å². The minimum absolute atomic E-state index is 0.0912. The van der Waals surface area contributed by atoms with Crippen molar-refractivity contribution < 1.29 is 29.3 Å². The summed E-state index contributed by atoms with van der Waals surface area (Å²) in [4.78, 5) is 34.6. The van der Waals surface area contributed by atoms with Gasteiger partial charge in [-0.3, -0.25) is 4.79 Å². The number of carboxylic acid groups (broad SMARTS) is 1. The van der Waals surface area contributed by atoms with Crippen molar-refractivity contribution in [1.29, 1.82) is 0 Å². The molecule has 0 radical (unpaired) electrons. The van der Waals surface area contributed by atoms with E-state index in [-0.39, 0.29) is 26.0 Å². The molecule has 27 heavy (non-hydrogen) atoms. The normalized spacial score (nSPS) is 12.4. The molecule has 1 aromatic rings. The summed E-state index contributed by atoms with van der Waals surface area (Å²) in [6, 6.07) is 8.03. The molecule has 148 valence electrons. The Hall–Kier alpha value is -2.87. The van der Waals surface area contributed by atoms with E-state index in [9.17, 15) is 19.5 Å². The van der Waals surface area contributed by atoms with E-state index >= 15 is 0 Å². The number of amides is 2. The second-order valence-electron chi connectivity index (χ2n) is 6.28. The van der Waals surface area contributed by atoms with Gasteiger partial charge in [-0.15, -0.1) is 0 Å². The molecule has 1 aromatic carbocycles. The quantitative estimate of drug-likeness (QED) is 0.458. The predicted molar refractivity (Wildman–Crippen MR) is 98.9 cm³/mol. The molecular weight excluding hydrogens is 352 g/mol. The Bertz CT molecular complexity index is 655. The maximum absolute atomic E-state index is 11.9. The van der Waals surface area contributed by atoms with Gasteiger partial charge in [0.25, 0.3) is 0 Å². The first-order valence-corrected chi connectivity index (χ1v) is 8.56. The van der Waals surface area contributed by atoms with E-state index in [1.807, 2.05) is 32.0 Å². The summed E-state index contributed by atoms with van der Waals surface area (Å²) in [5, 5.41) is 23.7. The number of allylic oxidation sites excluding steroid dienone is 1. The summed E-state index contributed by atoms with van der Waals surface area (Å²) in [6.45, 7) is 3.56. The van der Waals surface area contributed by atoms with Gasteiger partial charge in [-0.25, -0.2) is 9.59 Å². The highest BCUT2D eigenvalue weighted by Gasteiger charge is 2.20. The Morgan fingerprint density at radius 3 is 2.44 bits per heavy atom. The van der Waals surface area contributed by atoms with Gasteiger partial charge in [0.05, 0.1) is 12.5 Å². The van der Waals surface area contributed by atoms with Gasteiger partial charge in [-0.05, 0) is 25.8 Å². The summed E-state index contributed by atoms with van der Waals surface area (Å²) in [5.74, 6) is -1.77. The van der Waals surface area contributed by atoms with Crippen molar-refractivity contribution in [2.24, 2.45) is 0 Å². The van der Waals surface area contributed by atoms with Crippen LogP contribution < -0.4 is 10.6 Å². The number of carbonyl (C=O) groups excluding carboxylic acids is 2. The van der Waals surface area contributed by atoms with E-state index in [1.54, 1.807) is 18.2 Å². The van der Waals surface area contributed by atoms with Crippen LogP contribution in [0.3, 0.4) is 0 Å². The van der Waals surface area contributed by atoms with Gasteiger partial charge < -0.3 is 25.6 Å². The second-order valence-corrected chi connectivity index (χ2v) is 6.28. The molecule has 4 N–H and O–H groups in total. The van der Waals surface area contributed by atoms with Crippen molar-refractivity contribution in [3.8, 4) is 0 Å². The number of ether oxygens (including phenoxy) is 1. The van der Waals surface area contributed by atoms with Crippen molar-refractivity contribution in [2.45, 2.75) is 45.4 Å². The third-order valence-electron chi connectivity index (χ3n) is 3.51. The fourth-order valence-corrected chi connectivity index (χ4v) is 2.09. The van der Waals surface area contributed by atoms with E-state index in [0.717, 1.165) is 11.1 Å². The van der Waals surface area contributed by atoms with Crippen LogP contribution in [-0.4, -0.2) is 46.9 Å². The SMILES string of the molecule is CC(C)=CC[C@H](NC(=O)C[C@H](O)CNC(=O)OCc1ccccc1)C(=O)O. The van der Waals surface area contributed by atoms with Crippen molar-refractivity contribution in [1.82, 2.24) is 10.6 Å². The van der Waals surface area contributed by atoms with Crippen molar-refractivity contribution in [2.75, 3.05) is 6.54 Å². The lowest BCUT2D eigenvalue weighted by Crippen LogP contribution is -2.43. The number of hydrogen-bond acceptors (Lipinski definition) is 5. The molecule has 0 aliphatic heterocycles. The fourth-order valence-electron chi connectivity index (χ4n) is 2.09. The zero-order valence-corrected chi connectivity index (χ0v) is 15.5. The van der Waals surface area contributed by atoms with Gasteiger partial charge in [0, 0.05) is 6.54 Å². The smallest absolute Gasteiger partial charge is 0.407 e. The van der Waals surface area contributed by atoms with Crippen LogP contribution in [0, 0.1) is 0 Å².